The number of benzene rings is 1. The molecule has 106 valence electrons. The number of fused-ring (bicyclic) bond motifs is 1. The van der Waals surface area contributed by atoms with E-state index in [0.29, 0.717) is 12.2 Å². The Morgan fingerprint density at radius 3 is 2.71 bits per heavy atom. The Hall–Kier alpha value is -2.01. The van der Waals surface area contributed by atoms with E-state index in [4.69, 9.17) is 0 Å². The van der Waals surface area contributed by atoms with Gasteiger partial charge in [0.05, 0.1) is 16.9 Å². The third-order valence-electron chi connectivity index (χ3n) is 3.27. The molecule has 0 bridgehead atoms. The highest BCUT2D eigenvalue weighted by molar-refractivity contribution is 9.10. The number of hydrogen-bond acceptors (Lipinski definition) is 3. The Balaban J connectivity index is 2.20. The van der Waals surface area contributed by atoms with Gasteiger partial charge in [-0.1, -0.05) is 12.1 Å². The SMILES string of the molecule is CCN(c1ccccc1F)c1ccnc2cc(Br)cnc12. The van der Waals surface area contributed by atoms with Crippen LogP contribution in [-0.4, -0.2) is 16.5 Å². The van der Waals surface area contributed by atoms with E-state index in [9.17, 15) is 4.39 Å². The van der Waals surface area contributed by atoms with E-state index in [1.165, 1.54) is 6.07 Å². The first-order chi connectivity index (χ1) is 10.2. The molecular formula is C16H13BrFN3. The lowest BCUT2D eigenvalue weighted by Gasteiger charge is -2.24. The Morgan fingerprint density at radius 1 is 1.14 bits per heavy atom. The average Bonchev–Trinajstić information content (AvgIpc) is 2.49. The quantitative estimate of drug-likeness (QED) is 0.689. The average molecular weight is 346 g/mol. The molecule has 21 heavy (non-hydrogen) atoms. The summed E-state index contributed by atoms with van der Waals surface area (Å²) in [5, 5.41) is 0. The second-order valence-corrected chi connectivity index (χ2v) is 5.46. The van der Waals surface area contributed by atoms with E-state index < -0.39 is 0 Å². The number of anilines is 2. The largest absolute Gasteiger partial charge is 0.338 e. The van der Waals surface area contributed by atoms with E-state index in [0.717, 1.165) is 21.2 Å². The standard InChI is InChI=1S/C16H13BrFN3/c1-2-21(14-6-4-3-5-12(14)18)15-7-8-19-13-9-11(17)10-20-16(13)15/h3-10H,2H2,1H3. The van der Waals surface area contributed by atoms with Crippen LogP contribution in [0.3, 0.4) is 0 Å². The number of nitrogens with zero attached hydrogens (tertiary/aromatic N) is 3. The molecule has 3 rings (SSSR count). The van der Waals surface area contributed by atoms with Crippen LogP contribution in [0, 0.1) is 5.82 Å². The van der Waals surface area contributed by atoms with Gasteiger partial charge in [-0.3, -0.25) is 9.97 Å². The Labute approximate surface area is 130 Å². The second-order valence-electron chi connectivity index (χ2n) is 4.55. The maximum Gasteiger partial charge on any atom is 0.146 e. The van der Waals surface area contributed by atoms with E-state index in [1.807, 2.05) is 30.0 Å². The molecule has 0 amide bonds. The first-order valence-corrected chi connectivity index (χ1v) is 7.42. The third-order valence-corrected chi connectivity index (χ3v) is 3.71. The van der Waals surface area contributed by atoms with E-state index in [1.54, 1.807) is 24.5 Å². The van der Waals surface area contributed by atoms with Crippen LogP contribution in [0.25, 0.3) is 11.0 Å². The molecular weight excluding hydrogens is 333 g/mol. The lowest BCUT2D eigenvalue weighted by molar-refractivity contribution is 0.626. The van der Waals surface area contributed by atoms with Crippen LogP contribution < -0.4 is 4.90 Å². The van der Waals surface area contributed by atoms with Crippen LogP contribution >= 0.6 is 15.9 Å². The van der Waals surface area contributed by atoms with E-state index in [-0.39, 0.29) is 5.82 Å². The smallest absolute Gasteiger partial charge is 0.146 e. The predicted octanol–water partition coefficient (Wildman–Crippen LogP) is 4.69. The summed E-state index contributed by atoms with van der Waals surface area (Å²) >= 11 is 3.39. The highest BCUT2D eigenvalue weighted by atomic mass is 79.9. The van der Waals surface area contributed by atoms with Crippen molar-refractivity contribution in [2.24, 2.45) is 0 Å². The van der Waals surface area contributed by atoms with Crippen molar-refractivity contribution in [3.63, 3.8) is 0 Å². The summed E-state index contributed by atoms with van der Waals surface area (Å²) < 4.78 is 15.0. The number of para-hydroxylation sites is 1. The summed E-state index contributed by atoms with van der Waals surface area (Å²) in [7, 11) is 0. The monoisotopic (exact) mass is 345 g/mol. The molecule has 3 nitrogen and oxygen atoms in total. The van der Waals surface area contributed by atoms with Crippen molar-refractivity contribution in [2.45, 2.75) is 6.92 Å². The summed E-state index contributed by atoms with van der Waals surface area (Å²) in [5.41, 5.74) is 2.92. The minimum absolute atomic E-state index is 0.249. The number of hydrogen-bond donors (Lipinski definition) is 0. The van der Waals surface area contributed by atoms with Crippen molar-refractivity contribution in [3.05, 3.63) is 59.1 Å². The van der Waals surface area contributed by atoms with Crippen molar-refractivity contribution < 1.29 is 4.39 Å². The molecule has 0 unspecified atom stereocenters. The van der Waals surface area contributed by atoms with Gasteiger partial charge in [0.1, 0.15) is 11.3 Å². The van der Waals surface area contributed by atoms with E-state index >= 15 is 0 Å². The molecule has 0 aliphatic carbocycles. The van der Waals surface area contributed by atoms with Gasteiger partial charge < -0.3 is 4.90 Å². The molecule has 1 aromatic carbocycles. The number of halogens is 2. The van der Waals surface area contributed by atoms with Crippen molar-refractivity contribution in [2.75, 3.05) is 11.4 Å². The van der Waals surface area contributed by atoms with Gasteiger partial charge in [-0.25, -0.2) is 4.39 Å². The highest BCUT2D eigenvalue weighted by Gasteiger charge is 2.15. The first kappa shape index (κ1) is 13.9. The zero-order valence-electron chi connectivity index (χ0n) is 11.4. The molecule has 5 heteroatoms. The van der Waals surface area contributed by atoms with Crippen LogP contribution in [0.4, 0.5) is 15.8 Å². The minimum atomic E-state index is -0.249. The van der Waals surface area contributed by atoms with Gasteiger partial charge >= 0.3 is 0 Å². The lowest BCUT2D eigenvalue weighted by atomic mass is 10.2. The van der Waals surface area contributed by atoms with Crippen LogP contribution in [0.15, 0.2) is 53.3 Å². The van der Waals surface area contributed by atoms with Crippen LogP contribution in [0.1, 0.15) is 6.92 Å². The van der Waals surface area contributed by atoms with Gasteiger partial charge in [-0.2, -0.15) is 0 Å². The Morgan fingerprint density at radius 2 is 1.95 bits per heavy atom. The molecule has 3 aromatic rings. The lowest BCUT2D eigenvalue weighted by Crippen LogP contribution is -2.18. The van der Waals surface area contributed by atoms with Gasteiger partial charge in [0, 0.05) is 23.4 Å². The molecule has 2 heterocycles. The Bertz CT molecular complexity index is 791. The number of pyridine rings is 2. The van der Waals surface area contributed by atoms with Crippen molar-refractivity contribution in [1.29, 1.82) is 0 Å². The molecule has 0 saturated heterocycles. The van der Waals surface area contributed by atoms with Gasteiger partial charge in [0.15, 0.2) is 0 Å². The van der Waals surface area contributed by atoms with E-state index in [2.05, 4.69) is 25.9 Å². The maximum absolute atomic E-state index is 14.1. The van der Waals surface area contributed by atoms with Gasteiger partial charge in [0.25, 0.3) is 0 Å². The molecule has 0 radical (unpaired) electrons. The molecule has 0 N–H and O–H groups in total. The van der Waals surface area contributed by atoms with Gasteiger partial charge in [-0.05, 0) is 47.1 Å². The molecule has 0 spiro atoms. The molecule has 0 fully saturated rings. The summed E-state index contributed by atoms with van der Waals surface area (Å²) in [6.07, 6.45) is 3.44. The highest BCUT2D eigenvalue weighted by Crippen LogP contribution is 2.32. The topological polar surface area (TPSA) is 29.0 Å². The first-order valence-electron chi connectivity index (χ1n) is 6.63. The molecule has 0 atom stereocenters. The summed E-state index contributed by atoms with van der Waals surface area (Å²) in [6.45, 7) is 2.62. The minimum Gasteiger partial charge on any atom is -0.338 e. The second kappa shape index (κ2) is 5.77. The van der Waals surface area contributed by atoms with Crippen LogP contribution in [0.5, 0.6) is 0 Å². The molecule has 0 aliphatic rings. The zero-order valence-corrected chi connectivity index (χ0v) is 13.0. The number of aromatic nitrogens is 2. The van der Waals surface area contributed by atoms with Gasteiger partial charge in [0.2, 0.25) is 0 Å². The van der Waals surface area contributed by atoms with Crippen LogP contribution in [-0.2, 0) is 0 Å². The fraction of sp³-hybridized carbons (Fsp3) is 0.125. The fourth-order valence-electron chi connectivity index (χ4n) is 2.35. The van der Waals surface area contributed by atoms with Crippen molar-refractivity contribution in [3.8, 4) is 0 Å². The summed E-state index contributed by atoms with van der Waals surface area (Å²) in [6, 6.07) is 10.5. The maximum atomic E-state index is 14.1. The molecule has 0 aliphatic heterocycles. The third kappa shape index (κ3) is 2.61. The normalized spacial score (nSPS) is 10.8. The summed E-state index contributed by atoms with van der Waals surface area (Å²) in [4.78, 5) is 10.7. The summed E-state index contributed by atoms with van der Waals surface area (Å²) in [5.74, 6) is -0.249. The number of rotatable bonds is 3. The molecule has 0 saturated carbocycles. The molecule has 2 aromatic heterocycles. The fourth-order valence-corrected chi connectivity index (χ4v) is 2.67. The zero-order chi connectivity index (χ0) is 14.8. The Kier molecular flexibility index (Phi) is 3.84. The van der Waals surface area contributed by atoms with Crippen molar-refractivity contribution >= 4 is 38.3 Å². The van der Waals surface area contributed by atoms with Crippen molar-refractivity contribution in [1.82, 2.24) is 9.97 Å². The van der Waals surface area contributed by atoms with Crippen LogP contribution in [0.2, 0.25) is 0 Å². The van der Waals surface area contributed by atoms with Gasteiger partial charge in [-0.15, -0.1) is 0 Å². The predicted molar refractivity (Wildman–Crippen MR) is 86.3 cm³/mol.